The smallest absolute Gasteiger partial charge is 0.120 e. The van der Waals surface area contributed by atoms with Crippen molar-refractivity contribution < 1.29 is 4.79 Å². The molecule has 0 aliphatic carbocycles. The van der Waals surface area contributed by atoms with Crippen LogP contribution in [0.5, 0.6) is 0 Å². The molecule has 0 unspecified atom stereocenters. The quantitative estimate of drug-likeness (QED) is 0.704. The van der Waals surface area contributed by atoms with Crippen molar-refractivity contribution in [1.82, 2.24) is 0 Å². The normalized spacial score (nSPS) is 16.3. The molecule has 0 atom stereocenters. The van der Waals surface area contributed by atoms with Gasteiger partial charge in [0.1, 0.15) is 6.29 Å². The van der Waals surface area contributed by atoms with E-state index < -0.39 is 0 Å². The van der Waals surface area contributed by atoms with Gasteiger partial charge in [0.05, 0.1) is 0 Å². The van der Waals surface area contributed by atoms with Gasteiger partial charge in [-0.15, -0.1) is 0 Å². The summed E-state index contributed by atoms with van der Waals surface area (Å²) in [7, 11) is 0. The Morgan fingerprint density at radius 2 is 2.29 bits per heavy atom. The lowest BCUT2D eigenvalue weighted by atomic mass is 9.98. The van der Waals surface area contributed by atoms with E-state index in [1.54, 1.807) is 0 Å². The minimum absolute atomic E-state index is 0.642. The minimum Gasteiger partial charge on any atom is -0.303 e. The van der Waals surface area contributed by atoms with Crippen molar-refractivity contribution in [1.29, 1.82) is 0 Å². The Morgan fingerprint density at radius 1 is 1.43 bits per heavy atom. The average molecular weight is 206 g/mol. The molecular formula is C12H14OS. The molecule has 0 amide bonds. The second-order valence-electron chi connectivity index (χ2n) is 3.68. The summed E-state index contributed by atoms with van der Waals surface area (Å²) in [6, 6.07) is 8.68. The number of rotatable bonds is 4. The Kier molecular flexibility index (Phi) is 3.25. The molecule has 2 rings (SSSR count). The molecule has 1 aliphatic rings. The van der Waals surface area contributed by atoms with Crippen LogP contribution in [-0.2, 0) is 11.2 Å². The first-order valence-corrected chi connectivity index (χ1v) is 6.16. The highest BCUT2D eigenvalue weighted by atomic mass is 32.2. The molecule has 0 N–H and O–H groups in total. The Balaban J connectivity index is 2.05. The molecule has 0 radical (unpaired) electrons. The van der Waals surface area contributed by atoms with Gasteiger partial charge in [-0.25, -0.2) is 0 Å². The highest BCUT2D eigenvalue weighted by Crippen LogP contribution is 2.34. The summed E-state index contributed by atoms with van der Waals surface area (Å²) in [5.74, 6) is 3.28. The molecule has 1 saturated heterocycles. The molecule has 0 bridgehead atoms. The highest BCUT2D eigenvalue weighted by Gasteiger charge is 2.19. The first kappa shape index (κ1) is 9.78. The zero-order valence-electron chi connectivity index (χ0n) is 8.11. The topological polar surface area (TPSA) is 17.1 Å². The summed E-state index contributed by atoms with van der Waals surface area (Å²) in [5, 5.41) is 0. The second kappa shape index (κ2) is 4.65. The molecular weight excluding hydrogens is 192 g/mol. The fourth-order valence-electron chi connectivity index (χ4n) is 1.66. The van der Waals surface area contributed by atoms with E-state index in [1.807, 2.05) is 11.8 Å². The van der Waals surface area contributed by atoms with Gasteiger partial charge in [-0.05, 0) is 17.5 Å². The summed E-state index contributed by atoms with van der Waals surface area (Å²) in [5.41, 5.74) is 2.75. The fraction of sp³-hybridized carbons (Fsp3) is 0.417. The molecule has 1 aromatic carbocycles. The van der Waals surface area contributed by atoms with Crippen LogP contribution >= 0.6 is 11.8 Å². The van der Waals surface area contributed by atoms with Crippen molar-refractivity contribution in [3.8, 4) is 0 Å². The lowest BCUT2D eigenvalue weighted by Gasteiger charge is -2.25. The van der Waals surface area contributed by atoms with Crippen molar-refractivity contribution in [2.75, 3.05) is 11.5 Å². The second-order valence-corrected chi connectivity index (χ2v) is 4.76. The summed E-state index contributed by atoms with van der Waals surface area (Å²) in [6.45, 7) is 0. The van der Waals surface area contributed by atoms with Crippen LogP contribution in [0, 0.1) is 0 Å². The third-order valence-corrected chi connectivity index (χ3v) is 3.89. The van der Waals surface area contributed by atoms with Gasteiger partial charge in [0.15, 0.2) is 0 Å². The van der Waals surface area contributed by atoms with Gasteiger partial charge in [-0.1, -0.05) is 24.3 Å². The molecule has 1 nitrogen and oxygen atoms in total. The molecule has 1 aliphatic heterocycles. The summed E-state index contributed by atoms with van der Waals surface area (Å²) < 4.78 is 0. The first-order valence-electron chi connectivity index (χ1n) is 5.00. The van der Waals surface area contributed by atoms with Gasteiger partial charge in [-0.3, -0.25) is 0 Å². The van der Waals surface area contributed by atoms with Crippen LogP contribution < -0.4 is 0 Å². The number of hydrogen-bond donors (Lipinski definition) is 0. The zero-order chi connectivity index (χ0) is 9.80. The lowest BCUT2D eigenvalue weighted by Crippen LogP contribution is -2.15. The van der Waals surface area contributed by atoms with Gasteiger partial charge in [0, 0.05) is 23.8 Å². The van der Waals surface area contributed by atoms with E-state index in [2.05, 4.69) is 24.3 Å². The number of aldehydes is 1. The van der Waals surface area contributed by atoms with E-state index in [4.69, 9.17) is 0 Å². The van der Waals surface area contributed by atoms with Crippen molar-refractivity contribution in [3.63, 3.8) is 0 Å². The summed E-state index contributed by atoms with van der Waals surface area (Å²) >= 11 is 2.01. The van der Waals surface area contributed by atoms with E-state index in [9.17, 15) is 4.79 Å². The van der Waals surface area contributed by atoms with E-state index in [0.717, 1.165) is 18.6 Å². The first-order chi connectivity index (χ1) is 6.90. The maximum absolute atomic E-state index is 10.3. The van der Waals surface area contributed by atoms with Crippen molar-refractivity contribution >= 4 is 18.0 Å². The Bertz CT molecular complexity index is 318. The minimum atomic E-state index is 0.642. The van der Waals surface area contributed by atoms with E-state index >= 15 is 0 Å². The number of carbonyl (C=O) groups is 1. The van der Waals surface area contributed by atoms with Crippen molar-refractivity contribution in [2.24, 2.45) is 0 Å². The van der Waals surface area contributed by atoms with Crippen LogP contribution in [-0.4, -0.2) is 17.8 Å². The molecule has 0 aromatic heterocycles. The van der Waals surface area contributed by atoms with Crippen molar-refractivity contribution in [3.05, 3.63) is 35.4 Å². The third-order valence-electron chi connectivity index (χ3n) is 2.61. The van der Waals surface area contributed by atoms with Gasteiger partial charge in [-0.2, -0.15) is 11.8 Å². The van der Waals surface area contributed by atoms with Crippen LogP contribution in [0.3, 0.4) is 0 Å². The summed E-state index contributed by atoms with van der Waals surface area (Å²) in [4.78, 5) is 10.3. The SMILES string of the molecule is O=CCCc1cccc(C2CSC2)c1. The number of thioether (sulfide) groups is 1. The van der Waals surface area contributed by atoms with Gasteiger partial charge < -0.3 is 4.79 Å². The number of hydrogen-bond acceptors (Lipinski definition) is 2. The zero-order valence-corrected chi connectivity index (χ0v) is 8.93. The Hall–Kier alpha value is -0.760. The molecule has 2 heteroatoms. The molecule has 1 heterocycles. The van der Waals surface area contributed by atoms with Gasteiger partial charge in [0.25, 0.3) is 0 Å². The Morgan fingerprint density at radius 3 is 2.93 bits per heavy atom. The molecule has 0 spiro atoms. The fourth-order valence-corrected chi connectivity index (χ4v) is 2.51. The van der Waals surface area contributed by atoms with Crippen molar-refractivity contribution in [2.45, 2.75) is 18.8 Å². The maximum atomic E-state index is 10.3. The predicted octanol–water partition coefficient (Wildman–Crippen LogP) is 2.65. The maximum Gasteiger partial charge on any atom is 0.120 e. The molecule has 74 valence electrons. The molecule has 0 saturated carbocycles. The number of carbonyl (C=O) groups excluding carboxylic acids is 1. The third kappa shape index (κ3) is 2.18. The lowest BCUT2D eigenvalue weighted by molar-refractivity contribution is -0.107. The van der Waals surface area contributed by atoms with E-state index in [1.165, 1.54) is 22.6 Å². The number of benzene rings is 1. The monoisotopic (exact) mass is 206 g/mol. The standard InChI is InChI=1S/C12H14OS/c13-6-2-4-10-3-1-5-11(7-10)12-8-14-9-12/h1,3,5-7,12H,2,4,8-9H2. The van der Waals surface area contributed by atoms with Crippen LogP contribution in [0.4, 0.5) is 0 Å². The molecule has 1 fully saturated rings. The van der Waals surface area contributed by atoms with Crippen LogP contribution in [0.1, 0.15) is 23.5 Å². The van der Waals surface area contributed by atoms with Gasteiger partial charge in [0.2, 0.25) is 0 Å². The van der Waals surface area contributed by atoms with Crippen LogP contribution in [0.2, 0.25) is 0 Å². The molecule has 14 heavy (non-hydrogen) atoms. The highest BCUT2D eigenvalue weighted by molar-refractivity contribution is 8.00. The molecule has 1 aromatic rings. The average Bonchev–Trinajstić information content (AvgIpc) is 2.13. The predicted molar refractivity (Wildman–Crippen MR) is 60.9 cm³/mol. The summed E-state index contributed by atoms with van der Waals surface area (Å²) in [6.07, 6.45) is 2.52. The van der Waals surface area contributed by atoms with Gasteiger partial charge >= 0.3 is 0 Å². The largest absolute Gasteiger partial charge is 0.303 e. The van der Waals surface area contributed by atoms with Crippen LogP contribution in [0.25, 0.3) is 0 Å². The van der Waals surface area contributed by atoms with Crippen LogP contribution in [0.15, 0.2) is 24.3 Å². The van der Waals surface area contributed by atoms with E-state index in [-0.39, 0.29) is 0 Å². The van der Waals surface area contributed by atoms with E-state index in [0.29, 0.717) is 6.42 Å². The number of aryl methyl sites for hydroxylation is 1. The Labute approximate surface area is 88.9 Å².